The van der Waals surface area contributed by atoms with Crippen LogP contribution < -0.4 is 16.2 Å². The highest BCUT2D eigenvalue weighted by atomic mass is 35.5. The number of carboxylic acid groups (broad SMARTS) is 1. The molecular weight excluding hydrogens is 366 g/mol. The van der Waals surface area contributed by atoms with Gasteiger partial charge in [-0.05, 0) is 60.7 Å². The molecule has 0 spiro atoms. The van der Waals surface area contributed by atoms with Gasteiger partial charge in [0.05, 0.1) is 11.3 Å². The molecule has 0 amide bonds. The number of nitrogens with one attached hydrogen (secondary N) is 3. The average Bonchev–Trinajstić information content (AvgIpc) is 2.59. The van der Waals surface area contributed by atoms with Gasteiger partial charge in [0.2, 0.25) is 0 Å². The average molecular weight is 382 g/mol. The summed E-state index contributed by atoms with van der Waals surface area (Å²) in [6, 6.07) is 14.0. The van der Waals surface area contributed by atoms with Gasteiger partial charge >= 0.3 is 5.97 Å². The van der Waals surface area contributed by atoms with Crippen LogP contribution in [0.1, 0.15) is 10.4 Å². The molecule has 0 radical (unpaired) electrons. The summed E-state index contributed by atoms with van der Waals surface area (Å²) in [5.41, 5.74) is 6.72. The number of hydrogen-bond acceptors (Lipinski definition) is 4. The van der Waals surface area contributed by atoms with Crippen LogP contribution in [0.15, 0.2) is 53.4 Å². The minimum Gasteiger partial charge on any atom is -0.478 e. The predicted octanol–water partition coefficient (Wildman–Crippen LogP) is 3.62. The van der Waals surface area contributed by atoms with Crippen molar-refractivity contribution in [3.05, 3.63) is 59.1 Å². The maximum absolute atomic E-state index is 10.8. The van der Waals surface area contributed by atoms with Crippen molar-refractivity contribution in [1.29, 1.82) is 0 Å². The Balaban J connectivity index is 1.64. The Labute approximate surface area is 154 Å². The number of hydrogen-bond donors (Lipinski definition) is 4. The van der Waals surface area contributed by atoms with Crippen LogP contribution in [0.4, 0.5) is 5.69 Å². The fourth-order valence-corrected chi connectivity index (χ4v) is 2.78. The first-order valence-corrected chi connectivity index (χ1v) is 8.83. The second-order valence-corrected chi connectivity index (χ2v) is 6.70. The Kier molecular flexibility index (Phi) is 7.17. The van der Waals surface area contributed by atoms with E-state index in [0.29, 0.717) is 11.7 Å². The van der Waals surface area contributed by atoms with Crippen molar-refractivity contribution in [1.82, 2.24) is 10.7 Å². The molecule has 0 saturated carbocycles. The second-order valence-electron chi connectivity index (χ2n) is 4.69. The van der Waals surface area contributed by atoms with Gasteiger partial charge in [0.1, 0.15) is 0 Å². The molecule has 0 aliphatic heterocycles. The van der Waals surface area contributed by atoms with Crippen molar-refractivity contribution in [2.75, 3.05) is 17.7 Å². The third kappa shape index (κ3) is 6.27. The van der Waals surface area contributed by atoms with Crippen LogP contribution in [-0.4, -0.2) is 28.5 Å². The van der Waals surface area contributed by atoms with E-state index in [1.54, 1.807) is 23.9 Å². The molecule has 5 nitrogen and oxygen atoms in total. The number of thioether (sulfide) groups is 1. The number of carbonyl (C=O) groups is 1. The van der Waals surface area contributed by atoms with E-state index in [9.17, 15) is 4.79 Å². The predicted molar refractivity (Wildman–Crippen MR) is 103 cm³/mol. The first kappa shape index (κ1) is 18.4. The first-order chi connectivity index (χ1) is 11.5. The number of aromatic carboxylic acids is 1. The van der Waals surface area contributed by atoms with E-state index in [2.05, 4.69) is 16.2 Å². The molecule has 0 heterocycles. The second kappa shape index (κ2) is 9.36. The minimum absolute atomic E-state index is 0.237. The van der Waals surface area contributed by atoms with Gasteiger partial charge in [0, 0.05) is 22.2 Å². The quantitative estimate of drug-likeness (QED) is 0.252. The molecule has 0 aromatic heterocycles. The zero-order valence-corrected chi connectivity index (χ0v) is 15.0. The zero-order valence-electron chi connectivity index (χ0n) is 12.6. The Morgan fingerprint density at radius 1 is 1.12 bits per heavy atom. The summed E-state index contributed by atoms with van der Waals surface area (Å²) in [6.07, 6.45) is 0. The van der Waals surface area contributed by atoms with Gasteiger partial charge in [-0.1, -0.05) is 11.6 Å². The molecule has 2 aromatic rings. The highest BCUT2D eigenvalue weighted by molar-refractivity contribution is 7.99. The number of benzene rings is 2. The van der Waals surface area contributed by atoms with Crippen LogP contribution in [0.25, 0.3) is 0 Å². The molecule has 8 heteroatoms. The van der Waals surface area contributed by atoms with E-state index < -0.39 is 5.97 Å². The number of halogens is 1. The Morgan fingerprint density at radius 2 is 1.79 bits per heavy atom. The molecular formula is C16H16ClN3O2S2. The SMILES string of the molecule is O=C(O)c1ccc(NNC(=S)NCCSc2ccc(Cl)cc2)cc1. The summed E-state index contributed by atoms with van der Waals surface area (Å²) in [5.74, 6) is -0.0959. The van der Waals surface area contributed by atoms with E-state index in [0.717, 1.165) is 21.4 Å². The molecule has 24 heavy (non-hydrogen) atoms. The lowest BCUT2D eigenvalue weighted by Gasteiger charge is -2.12. The third-order valence-corrected chi connectivity index (χ3v) is 4.43. The van der Waals surface area contributed by atoms with E-state index >= 15 is 0 Å². The summed E-state index contributed by atoms with van der Waals surface area (Å²) in [4.78, 5) is 11.9. The van der Waals surface area contributed by atoms with Gasteiger partial charge in [0.25, 0.3) is 0 Å². The van der Waals surface area contributed by atoms with Crippen molar-refractivity contribution in [2.24, 2.45) is 0 Å². The Hall–Kier alpha value is -1.96. The van der Waals surface area contributed by atoms with Crippen LogP contribution in [0.2, 0.25) is 5.02 Å². The number of carboxylic acids is 1. The van der Waals surface area contributed by atoms with Gasteiger partial charge < -0.3 is 10.4 Å². The molecule has 0 aliphatic carbocycles. The molecule has 0 saturated heterocycles. The number of hydrazine groups is 1. The molecule has 0 atom stereocenters. The largest absolute Gasteiger partial charge is 0.478 e. The van der Waals surface area contributed by atoms with Crippen molar-refractivity contribution >= 4 is 52.3 Å². The van der Waals surface area contributed by atoms with Gasteiger partial charge in [-0.3, -0.25) is 10.9 Å². The molecule has 0 bridgehead atoms. The highest BCUT2D eigenvalue weighted by Crippen LogP contribution is 2.19. The summed E-state index contributed by atoms with van der Waals surface area (Å²) < 4.78 is 0. The number of thiocarbonyl (C=S) groups is 1. The van der Waals surface area contributed by atoms with Gasteiger partial charge in [-0.2, -0.15) is 0 Å². The third-order valence-electron chi connectivity index (χ3n) is 2.92. The maximum Gasteiger partial charge on any atom is 0.335 e. The van der Waals surface area contributed by atoms with Gasteiger partial charge in [-0.25, -0.2) is 4.79 Å². The summed E-state index contributed by atoms with van der Waals surface area (Å²) in [6.45, 7) is 0.707. The number of rotatable bonds is 7. The standard InChI is InChI=1S/C16H16ClN3O2S2/c17-12-3-7-14(8-4-12)24-10-9-18-16(23)20-19-13-5-1-11(2-6-13)15(21)22/h1-8,19H,9-10H2,(H,21,22)(H2,18,20,23). The lowest BCUT2D eigenvalue weighted by molar-refractivity contribution is 0.0697. The maximum atomic E-state index is 10.8. The molecule has 126 valence electrons. The molecule has 0 unspecified atom stereocenters. The normalized spacial score (nSPS) is 10.0. The summed E-state index contributed by atoms with van der Waals surface area (Å²) in [7, 11) is 0. The minimum atomic E-state index is -0.954. The van der Waals surface area contributed by atoms with E-state index in [-0.39, 0.29) is 5.56 Å². The van der Waals surface area contributed by atoms with E-state index in [4.69, 9.17) is 28.9 Å². The zero-order chi connectivity index (χ0) is 17.4. The highest BCUT2D eigenvalue weighted by Gasteiger charge is 2.02. The summed E-state index contributed by atoms with van der Waals surface area (Å²) in [5, 5.41) is 13.1. The van der Waals surface area contributed by atoms with Crippen LogP contribution in [-0.2, 0) is 0 Å². The van der Waals surface area contributed by atoms with Crippen LogP contribution in [0.5, 0.6) is 0 Å². The monoisotopic (exact) mass is 381 g/mol. The van der Waals surface area contributed by atoms with Crippen LogP contribution in [0.3, 0.4) is 0 Å². The van der Waals surface area contributed by atoms with E-state index in [1.165, 1.54) is 12.1 Å². The molecule has 4 N–H and O–H groups in total. The Morgan fingerprint density at radius 3 is 2.42 bits per heavy atom. The summed E-state index contributed by atoms with van der Waals surface area (Å²) >= 11 is 12.7. The fraction of sp³-hybridized carbons (Fsp3) is 0.125. The van der Waals surface area contributed by atoms with Gasteiger partial charge in [-0.15, -0.1) is 11.8 Å². The lowest BCUT2D eigenvalue weighted by Crippen LogP contribution is -2.39. The van der Waals surface area contributed by atoms with Crippen molar-refractivity contribution in [3.63, 3.8) is 0 Å². The Bertz CT molecular complexity index is 693. The van der Waals surface area contributed by atoms with Crippen LogP contribution in [0, 0.1) is 0 Å². The molecule has 0 fully saturated rings. The topological polar surface area (TPSA) is 73.4 Å². The molecule has 2 aromatic carbocycles. The van der Waals surface area contributed by atoms with Gasteiger partial charge in [0.15, 0.2) is 5.11 Å². The van der Waals surface area contributed by atoms with E-state index in [1.807, 2.05) is 24.3 Å². The fourth-order valence-electron chi connectivity index (χ4n) is 1.73. The number of anilines is 1. The van der Waals surface area contributed by atoms with Crippen molar-refractivity contribution < 1.29 is 9.90 Å². The molecule has 0 aliphatic rings. The lowest BCUT2D eigenvalue weighted by atomic mass is 10.2. The smallest absolute Gasteiger partial charge is 0.335 e. The van der Waals surface area contributed by atoms with Crippen molar-refractivity contribution in [3.8, 4) is 0 Å². The first-order valence-electron chi connectivity index (χ1n) is 7.06. The molecule has 2 rings (SSSR count). The van der Waals surface area contributed by atoms with Crippen molar-refractivity contribution in [2.45, 2.75) is 4.90 Å². The van der Waals surface area contributed by atoms with Crippen LogP contribution >= 0.6 is 35.6 Å².